The summed E-state index contributed by atoms with van der Waals surface area (Å²) in [4.78, 5) is 49.2. The second kappa shape index (κ2) is 14.1. The molecule has 1 aromatic rings. The maximum atomic E-state index is 12.6. The third-order valence-electron chi connectivity index (χ3n) is 5.23. The predicted molar refractivity (Wildman–Crippen MR) is 139 cm³/mol. The molecule has 9 heteroatoms. The van der Waals surface area contributed by atoms with Crippen LogP contribution in [0.3, 0.4) is 0 Å². The van der Waals surface area contributed by atoms with E-state index in [-0.39, 0.29) is 42.6 Å². The molecule has 1 aromatic carbocycles. The Morgan fingerprint density at radius 2 is 1.27 bits per heavy atom. The van der Waals surface area contributed by atoms with Crippen molar-refractivity contribution in [3.63, 3.8) is 0 Å². The third kappa shape index (κ3) is 11.8. The molecule has 0 unspecified atom stereocenters. The molecule has 9 nitrogen and oxygen atoms in total. The highest BCUT2D eigenvalue weighted by molar-refractivity contribution is 5.78. The molecule has 0 saturated heterocycles. The second-order valence-corrected chi connectivity index (χ2v) is 11.2. The van der Waals surface area contributed by atoms with E-state index in [1.165, 1.54) is 12.1 Å². The van der Waals surface area contributed by atoms with E-state index in [4.69, 9.17) is 24.7 Å². The Bertz CT molecular complexity index is 948. The van der Waals surface area contributed by atoms with Crippen molar-refractivity contribution in [2.45, 2.75) is 99.8 Å². The van der Waals surface area contributed by atoms with Gasteiger partial charge in [-0.05, 0) is 70.6 Å². The fraction of sp³-hybridized carbons (Fsp3) is 0.643. The number of ether oxygens (including phenoxy) is 4. The Balaban J connectivity index is 2.95. The van der Waals surface area contributed by atoms with Crippen molar-refractivity contribution >= 4 is 23.9 Å². The SMILES string of the molecule is CC(C)CC(=O)Oc1ccc(C[C@H](N)C(=O)O[C@@H](C)[C@H](C)OC(=O)C(C)(C)C)cc1OC(=O)CC(C)C. The van der Waals surface area contributed by atoms with Crippen LogP contribution in [0.25, 0.3) is 0 Å². The molecule has 0 aliphatic rings. The summed E-state index contributed by atoms with van der Waals surface area (Å²) in [7, 11) is 0. The van der Waals surface area contributed by atoms with Gasteiger partial charge in [0.2, 0.25) is 0 Å². The van der Waals surface area contributed by atoms with Crippen molar-refractivity contribution in [3.05, 3.63) is 23.8 Å². The van der Waals surface area contributed by atoms with Crippen LogP contribution in [0.1, 0.15) is 80.7 Å². The third-order valence-corrected chi connectivity index (χ3v) is 5.23. The Morgan fingerprint density at radius 3 is 1.76 bits per heavy atom. The fourth-order valence-corrected chi connectivity index (χ4v) is 2.98. The van der Waals surface area contributed by atoms with E-state index in [0.29, 0.717) is 5.56 Å². The molecule has 0 fully saturated rings. The first-order chi connectivity index (χ1) is 17.0. The lowest BCUT2D eigenvalue weighted by Crippen LogP contribution is -2.40. The molecule has 0 aliphatic carbocycles. The van der Waals surface area contributed by atoms with E-state index in [1.807, 2.05) is 27.7 Å². The molecule has 208 valence electrons. The summed E-state index contributed by atoms with van der Waals surface area (Å²) in [6.07, 6.45) is -0.892. The number of benzene rings is 1. The van der Waals surface area contributed by atoms with Crippen LogP contribution in [-0.2, 0) is 35.1 Å². The highest BCUT2D eigenvalue weighted by Gasteiger charge is 2.29. The van der Waals surface area contributed by atoms with Gasteiger partial charge in [0.1, 0.15) is 18.2 Å². The maximum absolute atomic E-state index is 12.6. The number of rotatable bonds is 12. The van der Waals surface area contributed by atoms with E-state index in [0.717, 1.165) is 0 Å². The Kier molecular flexibility index (Phi) is 12.2. The summed E-state index contributed by atoms with van der Waals surface area (Å²) in [6.45, 7) is 16.0. The van der Waals surface area contributed by atoms with Crippen molar-refractivity contribution in [3.8, 4) is 11.5 Å². The largest absolute Gasteiger partial charge is 0.458 e. The highest BCUT2D eigenvalue weighted by Crippen LogP contribution is 2.30. The predicted octanol–water partition coefficient (Wildman–Crippen LogP) is 4.37. The minimum Gasteiger partial charge on any atom is -0.458 e. The summed E-state index contributed by atoms with van der Waals surface area (Å²) in [6, 6.07) is 3.66. The number of nitrogens with two attached hydrogens (primary N) is 1. The van der Waals surface area contributed by atoms with Crippen LogP contribution in [0, 0.1) is 17.3 Å². The van der Waals surface area contributed by atoms with Crippen molar-refractivity contribution in [2.24, 2.45) is 23.0 Å². The molecule has 2 N–H and O–H groups in total. The molecular weight excluding hydrogens is 478 g/mol. The van der Waals surface area contributed by atoms with E-state index in [1.54, 1.807) is 40.7 Å². The van der Waals surface area contributed by atoms with Gasteiger partial charge in [0.05, 0.1) is 5.41 Å². The molecule has 37 heavy (non-hydrogen) atoms. The minimum absolute atomic E-state index is 0.0800. The molecule has 0 radical (unpaired) electrons. The molecule has 0 spiro atoms. The Morgan fingerprint density at radius 1 is 0.784 bits per heavy atom. The van der Waals surface area contributed by atoms with Gasteiger partial charge >= 0.3 is 23.9 Å². The van der Waals surface area contributed by atoms with Crippen molar-refractivity contribution in [1.29, 1.82) is 0 Å². The zero-order valence-corrected chi connectivity index (χ0v) is 23.6. The number of esters is 4. The molecule has 0 aliphatic heterocycles. The highest BCUT2D eigenvalue weighted by atomic mass is 16.6. The summed E-state index contributed by atoms with van der Waals surface area (Å²) >= 11 is 0. The van der Waals surface area contributed by atoms with Crippen molar-refractivity contribution < 1.29 is 38.1 Å². The lowest BCUT2D eigenvalue weighted by molar-refractivity contribution is -0.171. The van der Waals surface area contributed by atoms with Gasteiger partial charge in [-0.3, -0.25) is 19.2 Å². The number of hydrogen-bond acceptors (Lipinski definition) is 9. The molecule has 0 saturated carbocycles. The average Bonchev–Trinajstić information content (AvgIpc) is 2.73. The van der Waals surface area contributed by atoms with E-state index in [2.05, 4.69) is 0 Å². The summed E-state index contributed by atoms with van der Waals surface area (Å²) in [5.41, 5.74) is 5.99. The smallest absolute Gasteiger partial charge is 0.323 e. The normalized spacial score (nSPS) is 14.1. The molecule has 3 atom stereocenters. The van der Waals surface area contributed by atoms with Gasteiger partial charge in [0.15, 0.2) is 11.5 Å². The second-order valence-electron chi connectivity index (χ2n) is 11.2. The molecular formula is C28H43NO8. The number of carbonyl (C=O) groups excluding carboxylic acids is 4. The van der Waals surface area contributed by atoms with Gasteiger partial charge in [0.25, 0.3) is 0 Å². The first-order valence-corrected chi connectivity index (χ1v) is 12.7. The Labute approximate surface area is 220 Å². The van der Waals surface area contributed by atoms with Crippen LogP contribution in [0.5, 0.6) is 11.5 Å². The topological polar surface area (TPSA) is 131 Å². The van der Waals surface area contributed by atoms with E-state index < -0.39 is 47.5 Å². The van der Waals surface area contributed by atoms with Gasteiger partial charge in [0, 0.05) is 12.8 Å². The zero-order valence-electron chi connectivity index (χ0n) is 23.6. The standard InChI is InChI=1S/C28H43NO8/c1-16(2)12-24(30)36-22-11-10-20(15-23(22)37-25(31)13-17(3)4)14-21(29)26(32)34-18(5)19(6)35-27(33)28(7,8)9/h10-11,15-19,21H,12-14,29H2,1-9H3/t18-,19-,21-/m0/s1. The lowest BCUT2D eigenvalue weighted by atomic mass is 9.97. The van der Waals surface area contributed by atoms with Gasteiger partial charge < -0.3 is 24.7 Å². The molecule has 0 heterocycles. The quantitative estimate of drug-likeness (QED) is 0.314. The summed E-state index contributed by atoms with van der Waals surface area (Å²) < 4.78 is 21.7. The number of hydrogen-bond donors (Lipinski definition) is 1. The first kappa shape index (κ1) is 32.1. The summed E-state index contributed by atoms with van der Waals surface area (Å²) in [5.74, 6) is -1.60. The molecule has 0 aromatic heterocycles. The van der Waals surface area contributed by atoms with Crippen LogP contribution in [0.15, 0.2) is 18.2 Å². The fourth-order valence-electron chi connectivity index (χ4n) is 2.98. The van der Waals surface area contributed by atoms with E-state index >= 15 is 0 Å². The van der Waals surface area contributed by atoms with Gasteiger partial charge in [-0.15, -0.1) is 0 Å². The molecule has 1 rings (SSSR count). The average molecular weight is 522 g/mol. The van der Waals surface area contributed by atoms with Crippen LogP contribution in [0.4, 0.5) is 0 Å². The van der Waals surface area contributed by atoms with Crippen LogP contribution < -0.4 is 15.2 Å². The monoisotopic (exact) mass is 521 g/mol. The number of carbonyl (C=O) groups is 4. The van der Waals surface area contributed by atoms with Gasteiger partial charge in [-0.25, -0.2) is 0 Å². The van der Waals surface area contributed by atoms with Gasteiger partial charge in [-0.2, -0.15) is 0 Å². The van der Waals surface area contributed by atoms with Crippen molar-refractivity contribution in [1.82, 2.24) is 0 Å². The van der Waals surface area contributed by atoms with Crippen LogP contribution >= 0.6 is 0 Å². The van der Waals surface area contributed by atoms with Gasteiger partial charge in [-0.1, -0.05) is 33.8 Å². The lowest BCUT2D eigenvalue weighted by Gasteiger charge is -2.25. The zero-order chi connectivity index (χ0) is 28.5. The molecule has 0 bridgehead atoms. The minimum atomic E-state index is -1.03. The maximum Gasteiger partial charge on any atom is 0.323 e. The van der Waals surface area contributed by atoms with Crippen LogP contribution in [-0.4, -0.2) is 42.1 Å². The first-order valence-electron chi connectivity index (χ1n) is 12.7. The van der Waals surface area contributed by atoms with E-state index in [9.17, 15) is 19.2 Å². The van der Waals surface area contributed by atoms with Crippen LogP contribution in [0.2, 0.25) is 0 Å². The van der Waals surface area contributed by atoms with Crippen molar-refractivity contribution in [2.75, 3.05) is 0 Å². The molecule has 0 amide bonds. The summed E-state index contributed by atoms with van der Waals surface area (Å²) in [5, 5.41) is 0. The Hall–Kier alpha value is -2.94.